The highest BCUT2D eigenvalue weighted by atomic mass is 32.2. The molecule has 25 heavy (non-hydrogen) atoms. The summed E-state index contributed by atoms with van der Waals surface area (Å²) < 4.78 is 12.5. The molecule has 0 spiro atoms. The summed E-state index contributed by atoms with van der Waals surface area (Å²) >= 11 is 0. The van der Waals surface area contributed by atoms with Crippen molar-refractivity contribution in [1.82, 2.24) is 4.90 Å². The van der Waals surface area contributed by atoms with Crippen LogP contribution in [-0.2, 0) is 26.9 Å². The number of nitrogens with zero attached hydrogens (tertiary/aromatic N) is 1. The fourth-order valence-corrected chi connectivity index (χ4v) is 3.85. The second-order valence-electron chi connectivity index (χ2n) is 5.69. The van der Waals surface area contributed by atoms with Crippen molar-refractivity contribution in [1.29, 1.82) is 0 Å². The van der Waals surface area contributed by atoms with Gasteiger partial charge < -0.3 is 5.32 Å². The SMILES string of the molecule is C[C@H]1C(=O)N(Cc2ccccc2)/C(=C/C(=O)Nc2ccccc2)S1=O. The van der Waals surface area contributed by atoms with Crippen molar-refractivity contribution in [3.8, 4) is 0 Å². The third-order valence-electron chi connectivity index (χ3n) is 3.89. The molecule has 1 aliphatic heterocycles. The molecule has 2 amide bonds. The molecule has 128 valence electrons. The van der Waals surface area contributed by atoms with Gasteiger partial charge in [-0.3, -0.25) is 18.7 Å². The summed E-state index contributed by atoms with van der Waals surface area (Å²) in [5, 5.41) is 2.31. The van der Waals surface area contributed by atoms with Gasteiger partial charge in [-0.15, -0.1) is 0 Å². The van der Waals surface area contributed by atoms with Crippen molar-refractivity contribution in [2.75, 3.05) is 5.32 Å². The second kappa shape index (κ2) is 7.44. The lowest BCUT2D eigenvalue weighted by molar-refractivity contribution is -0.127. The zero-order valence-electron chi connectivity index (χ0n) is 13.7. The van der Waals surface area contributed by atoms with Crippen LogP contribution in [0, 0.1) is 0 Å². The number of amides is 2. The normalized spacial score (nSPS) is 21.6. The fourth-order valence-electron chi connectivity index (χ4n) is 2.58. The molecule has 0 radical (unpaired) electrons. The van der Waals surface area contributed by atoms with Crippen LogP contribution < -0.4 is 5.32 Å². The quantitative estimate of drug-likeness (QED) is 0.859. The van der Waals surface area contributed by atoms with Gasteiger partial charge in [0.15, 0.2) is 0 Å². The third kappa shape index (κ3) is 3.85. The Hall–Kier alpha value is -2.73. The molecule has 5 nitrogen and oxygen atoms in total. The first-order valence-electron chi connectivity index (χ1n) is 7.90. The fraction of sp³-hybridized carbons (Fsp3) is 0.158. The number of rotatable bonds is 4. The van der Waals surface area contributed by atoms with Crippen LogP contribution in [0.25, 0.3) is 0 Å². The number of benzene rings is 2. The van der Waals surface area contributed by atoms with E-state index in [-0.39, 0.29) is 10.9 Å². The summed E-state index contributed by atoms with van der Waals surface area (Å²) in [6.07, 6.45) is 1.26. The molecule has 0 bridgehead atoms. The van der Waals surface area contributed by atoms with Crippen LogP contribution >= 0.6 is 0 Å². The summed E-state index contributed by atoms with van der Waals surface area (Å²) in [7, 11) is -1.54. The van der Waals surface area contributed by atoms with Gasteiger partial charge in [0.05, 0.1) is 17.3 Å². The first-order chi connectivity index (χ1) is 12.1. The summed E-state index contributed by atoms with van der Waals surface area (Å²) in [6, 6.07) is 18.4. The van der Waals surface area contributed by atoms with E-state index in [2.05, 4.69) is 5.32 Å². The zero-order chi connectivity index (χ0) is 17.8. The van der Waals surface area contributed by atoms with Gasteiger partial charge in [-0.2, -0.15) is 0 Å². The van der Waals surface area contributed by atoms with Crippen LogP contribution in [0.3, 0.4) is 0 Å². The highest BCUT2D eigenvalue weighted by molar-refractivity contribution is 7.90. The molecule has 3 rings (SSSR count). The van der Waals surface area contributed by atoms with Gasteiger partial charge in [-0.05, 0) is 24.6 Å². The predicted octanol–water partition coefficient (Wildman–Crippen LogP) is 2.65. The van der Waals surface area contributed by atoms with Crippen LogP contribution in [0.5, 0.6) is 0 Å². The van der Waals surface area contributed by atoms with Gasteiger partial charge in [-0.1, -0.05) is 48.5 Å². The van der Waals surface area contributed by atoms with Gasteiger partial charge >= 0.3 is 0 Å². The molecule has 0 saturated carbocycles. The molecule has 1 heterocycles. The Balaban J connectivity index is 1.84. The van der Waals surface area contributed by atoms with Gasteiger partial charge in [0, 0.05) is 11.8 Å². The van der Waals surface area contributed by atoms with Gasteiger partial charge in [0.25, 0.3) is 5.91 Å². The average molecular weight is 354 g/mol. The molecule has 2 aromatic rings. The lowest BCUT2D eigenvalue weighted by Gasteiger charge is -2.17. The van der Waals surface area contributed by atoms with Crippen molar-refractivity contribution >= 4 is 28.3 Å². The lowest BCUT2D eigenvalue weighted by Crippen LogP contribution is -2.27. The van der Waals surface area contributed by atoms with E-state index < -0.39 is 22.0 Å². The van der Waals surface area contributed by atoms with Crippen LogP contribution in [0.1, 0.15) is 12.5 Å². The molecule has 2 atom stereocenters. The number of anilines is 1. The Kier molecular flexibility index (Phi) is 5.09. The number of para-hydroxylation sites is 1. The lowest BCUT2D eigenvalue weighted by atomic mass is 10.2. The Morgan fingerprint density at radius 2 is 1.72 bits per heavy atom. The molecule has 1 aliphatic rings. The van der Waals surface area contributed by atoms with E-state index in [1.54, 1.807) is 19.1 Å². The number of hydrogen-bond donors (Lipinski definition) is 1. The topological polar surface area (TPSA) is 66.5 Å². The first-order valence-corrected chi connectivity index (χ1v) is 9.11. The highest BCUT2D eigenvalue weighted by Crippen LogP contribution is 2.27. The monoisotopic (exact) mass is 354 g/mol. The maximum Gasteiger partial charge on any atom is 0.251 e. The summed E-state index contributed by atoms with van der Waals surface area (Å²) in [5.41, 5.74) is 1.55. The van der Waals surface area contributed by atoms with E-state index >= 15 is 0 Å². The summed E-state index contributed by atoms with van der Waals surface area (Å²) in [5.74, 6) is -0.643. The van der Waals surface area contributed by atoms with Crippen LogP contribution in [0.4, 0.5) is 5.69 Å². The number of nitrogens with one attached hydrogen (secondary N) is 1. The van der Waals surface area contributed by atoms with Crippen molar-refractivity contribution in [2.24, 2.45) is 0 Å². The minimum atomic E-state index is -1.54. The molecular weight excluding hydrogens is 336 g/mol. The van der Waals surface area contributed by atoms with Crippen molar-refractivity contribution in [2.45, 2.75) is 18.7 Å². The summed E-state index contributed by atoms with van der Waals surface area (Å²) in [4.78, 5) is 26.1. The predicted molar refractivity (Wildman–Crippen MR) is 97.8 cm³/mol. The Labute approximate surface area is 148 Å². The van der Waals surface area contributed by atoms with Crippen LogP contribution in [0.2, 0.25) is 0 Å². The van der Waals surface area contributed by atoms with E-state index in [1.165, 1.54) is 11.0 Å². The van der Waals surface area contributed by atoms with E-state index in [4.69, 9.17) is 0 Å². The third-order valence-corrected chi connectivity index (χ3v) is 5.48. The average Bonchev–Trinajstić information content (AvgIpc) is 2.82. The minimum Gasteiger partial charge on any atom is -0.322 e. The van der Waals surface area contributed by atoms with Crippen molar-refractivity contribution in [3.63, 3.8) is 0 Å². The van der Waals surface area contributed by atoms with Gasteiger partial charge in [-0.25, -0.2) is 0 Å². The molecule has 0 aliphatic carbocycles. The van der Waals surface area contributed by atoms with E-state index in [9.17, 15) is 13.8 Å². The number of hydrogen-bond acceptors (Lipinski definition) is 3. The van der Waals surface area contributed by atoms with Crippen LogP contribution in [0.15, 0.2) is 71.8 Å². The summed E-state index contributed by atoms with van der Waals surface area (Å²) in [6.45, 7) is 1.91. The Morgan fingerprint density at radius 3 is 2.36 bits per heavy atom. The zero-order valence-corrected chi connectivity index (χ0v) is 14.5. The Bertz CT molecular complexity index is 834. The van der Waals surface area contributed by atoms with E-state index in [1.807, 2.05) is 48.5 Å². The maximum absolute atomic E-state index is 12.5. The first kappa shape index (κ1) is 17.1. The molecule has 1 N–H and O–H groups in total. The molecule has 1 saturated heterocycles. The van der Waals surface area contributed by atoms with Crippen molar-refractivity contribution < 1.29 is 13.8 Å². The smallest absolute Gasteiger partial charge is 0.251 e. The van der Waals surface area contributed by atoms with E-state index in [0.717, 1.165) is 5.56 Å². The minimum absolute atomic E-state index is 0.235. The number of carbonyl (C=O) groups excluding carboxylic acids is 2. The molecular formula is C19H18N2O3S. The van der Waals surface area contributed by atoms with Crippen LogP contribution in [-0.4, -0.2) is 26.2 Å². The molecule has 0 aromatic heterocycles. The highest BCUT2D eigenvalue weighted by Gasteiger charge is 2.39. The second-order valence-corrected chi connectivity index (χ2v) is 7.41. The van der Waals surface area contributed by atoms with E-state index in [0.29, 0.717) is 12.2 Å². The maximum atomic E-state index is 12.5. The molecule has 2 aromatic carbocycles. The van der Waals surface area contributed by atoms with Gasteiger partial charge in [0.1, 0.15) is 10.3 Å². The van der Waals surface area contributed by atoms with Gasteiger partial charge in [0.2, 0.25) is 5.91 Å². The standard InChI is InChI=1S/C19H18N2O3S/c1-14-19(23)21(13-15-8-4-2-5-9-15)18(25(14)24)12-17(22)20-16-10-6-3-7-11-16/h2-12,14H,13H2,1H3,(H,20,22)/b18-12-/t14-,25?/m0/s1. The molecule has 1 fully saturated rings. The molecule has 1 unspecified atom stereocenters. The van der Waals surface area contributed by atoms with Crippen molar-refractivity contribution in [3.05, 3.63) is 77.3 Å². The largest absolute Gasteiger partial charge is 0.322 e. The number of carbonyl (C=O) groups is 2. The Morgan fingerprint density at radius 1 is 1.12 bits per heavy atom. The molecule has 6 heteroatoms.